The topological polar surface area (TPSA) is 54.3 Å². The van der Waals surface area contributed by atoms with Gasteiger partial charge in [-0.1, -0.05) is 6.92 Å². The Bertz CT molecular complexity index is 299. The summed E-state index contributed by atoms with van der Waals surface area (Å²) < 4.78 is 5.06. The van der Waals surface area contributed by atoms with Gasteiger partial charge in [-0.3, -0.25) is 0 Å². The summed E-state index contributed by atoms with van der Waals surface area (Å²) in [6.45, 7) is 3.01. The van der Waals surface area contributed by atoms with Crippen LogP contribution in [-0.4, -0.2) is 12.6 Å². The third kappa shape index (κ3) is 3.70. The lowest BCUT2D eigenvalue weighted by Crippen LogP contribution is -2.35. The first-order valence-corrected chi connectivity index (χ1v) is 4.86. The van der Waals surface area contributed by atoms with Crippen molar-refractivity contribution >= 4 is 17.6 Å². The van der Waals surface area contributed by atoms with Crippen LogP contribution in [0.25, 0.3) is 0 Å². The Hall–Kier alpha value is -1.16. The van der Waals surface area contributed by atoms with E-state index >= 15 is 0 Å². The molecule has 1 aromatic heterocycles. The Morgan fingerprint density at radius 3 is 2.86 bits per heavy atom. The first-order chi connectivity index (χ1) is 6.72. The van der Waals surface area contributed by atoms with E-state index in [1.165, 1.54) is 0 Å². The highest BCUT2D eigenvalue weighted by molar-refractivity contribution is 6.28. The van der Waals surface area contributed by atoms with E-state index in [-0.39, 0.29) is 6.03 Å². The van der Waals surface area contributed by atoms with Crippen LogP contribution in [0.4, 0.5) is 4.79 Å². The average Bonchev–Trinajstić information content (AvgIpc) is 2.58. The van der Waals surface area contributed by atoms with E-state index in [4.69, 9.17) is 16.0 Å². The lowest BCUT2D eigenvalue weighted by Gasteiger charge is -2.04. The van der Waals surface area contributed by atoms with Crippen molar-refractivity contribution in [2.45, 2.75) is 19.9 Å². The van der Waals surface area contributed by atoms with E-state index in [1.807, 2.05) is 6.92 Å². The third-order valence-electron chi connectivity index (χ3n) is 1.59. The van der Waals surface area contributed by atoms with Gasteiger partial charge in [0, 0.05) is 6.54 Å². The zero-order chi connectivity index (χ0) is 10.4. The van der Waals surface area contributed by atoms with Crippen molar-refractivity contribution in [3.05, 3.63) is 23.1 Å². The standard InChI is InChI=1S/C9H13ClN2O2/c1-2-5-11-9(13)12-6-7-3-4-8(10)14-7/h3-4H,2,5-6H2,1H3,(H2,11,12,13). The van der Waals surface area contributed by atoms with Gasteiger partial charge in [0.15, 0.2) is 5.22 Å². The number of halogens is 1. The molecular formula is C9H13ClN2O2. The van der Waals surface area contributed by atoms with Gasteiger partial charge in [-0.05, 0) is 30.2 Å². The fraction of sp³-hybridized carbons (Fsp3) is 0.444. The van der Waals surface area contributed by atoms with Crippen molar-refractivity contribution in [2.75, 3.05) is 6.54 Å². The highest BCUT2D eigenvalue weighted by atomic mass is 35.5. The SMILES string of the molecule is CCCNC(=O)NCc1ccc(Cl)o1. The number of carbonyl (C=O) groups excluding carboxylic acids is 1. The minimum Gasteiger partial charge on any atom is -0.448 e. The predicted molar refractivity (Wildman–Crippen MR) is 54.2 cm³/mol. The number of rotatable bonds is 4. The maximum absolute atomic E-state index is 11.1. The first kappa shape index (κ1) is 10.9. The highest BCUT2D eigenvalue weighted by Gasteiger charge is 2.02. The fourth-order valence-electron chi connectivity index (χ4n) is 0.915. The molecule has 1 rings (SSSR count). The van der Waals surface area contributed by atoms with Crippen molar-refractivity contribution in [1.29, 1.82) is 0 Å². The van der Waals surface area contributed by atoms with Gasteiger partial charge >= 0.3 is 6.03 Å². The third-order valence-corrected chi connectivity index (χ3v) is 1.79. The van der Waals surface area contributed by atoms with Gasteiger partial charge in [0.1, 0.15) is 5.76 Å². The summed E-state index contributed by atoms with van der Waals surface area (Å²) in [4.78, 5) is 11.1. The van der Waals surface area contributed by atoms with Gasteiger partial charge in [0.25, 0.3) is 0 Å². The zero-order valence-corrected chi connectivity index (χ0v) is 8.73. The van der Waals surface area contributed by atoms with Gasteiger partial charge < -0.3 is 15.1 Å². The molecule has 5 heteroatoms. The average molecular weight is 217 g/mol. The summed E-state index contributed by atoms with van der Waals surface area (Å²) in [7, 11) is 0. The molecule has 0 radical (unpaired) electrons. The number of hydrogen-bond donors (Lipinski definition) is 2. The number of amides is 2. The molecule has 0 saturated carbocycles. The van der Waals surface area contributed by atoms with Crippen molar-refractivity contribution < 1.29 is 9.21 Å². The molecule has 2 N–H and O–H groups in total. The molecule has 0 fully saturated rings. The molecule has 0 saturated heterocycles. The van der Waals surface area contributed by atoms with E-state index in [9.17, 15) is 4.79 Å². The minimum atomic E-state index is -0.195. The summed E-state index contributed by atoms with van der Waals surface area (Å²) in [5.41, 5.74) is 0. The van der Waals surface area contributed by atoms with Crippen LogP contribution in [0.15, 0.2) is 16.5 Å². The summed E-state index contributed by atoms with van der Waals surface area (Å²) in [5.74, 6) is 0.640. The minimum absolute atomic E-state index is 0.195. The maximum atomic E-state index is 11.1. The quantitative estimate of drug-likeness (QED) is 0.810. The lowest BCUT2D eigenvalue weighted by molar-refractivity contribution is 0.239. The van der Waals surface area contributed by atoms with Crippen LogP contribution in [0.3, 0.4) is 0 Å². The molecule has 0 atom stereocenters. The molecule has 2 amide bonds. The number of urea groups is 1. The summed E-state index contributed by atoms with van der Waals surface area (Å²) in [6.07, 6.45) is 0.917. The maximum Gasteiger partial charge on any atom is 0.315 e. The molecular weight excluding hydrogens is 204 g/mol. The van der Waals surface area contributed by atoms with E-state index in [2.05, 4.69) is 10.6 Å². The Morgan fingerprint density at radius 2 is 2.29 bits per heavy atom. The van der Waals surface area contributed by atoms with Gasteiger partial charge in [0.05, 0.1) is 6.54 Å². The number of hydrogen-bond acceptors (Lipinski definition) is 2. The van der Waals surface area contributed by atoms with Crippen molar-refractivity contribution in [3.8, 4) is 0 Å². The van der Waals surface area contributed by atoms with E-state index in [0.717, 1.165) is 6.42 Å². The molecule has 1 heterocycles. The van der Waals surface area contributed by atoms with Crippen molar-refractivity contribution in [1.82, 2.24) is 10.6 Å². The number of carbonyl (C=O) groups is 1. The largest absolute Gasteiger partial charge is 0.448 e. The second-order valence-electron chi connectivity index (χ2n) is 2.82. The van der Waals surface area contributed by atoms with Gasteiger partial charge in [-0.25, -0.2) is 4.79 Å². The smallest absolute Gasteiger partial charge is 0.315 e. The van der Waals surface area contributed by atoms with Gasteiger partial charge in [-0.2, -0.15) is 0 Å². The van der Waals surface area contributed by atoms with Crippen molar-refractivity contribution in [3.63, 3.8) is 0 Å². The van der Waals surface area contributed by atoms with Gasteiger partial charge in [-0.15, -0.1) is 0 Å². The van der Waals surface area contributed by atoms with Crippen LogP contribution in [0.2, 0.25) is 5.22 Å². The molecule has 0 aromatic carbocycles. The van der Waals surface area contributed by atoms with Crippen LogP contribution in [0.1, 0.15) is 19.1 Å². The van der Waals surface area contributed by atoms with E-state index < -0.39 is 0 Å². The van der Waals surface area contributed by atoms with Crippen LogP contribution >= 0.6 is 11.6 Å². The van der Waals surface area contributed by atoms with Crippen LogP contribution < -0.4 is 10.6 Å². The molecule has 0 aliphatic rings. The molecule has 1 aromatic rings. The first-order valence-electron chi connectivity index (χ1n) is 4.48. The Kier molecular flexibility index (Phi) is 4.32. The van der Waals surface area contributed by atoms with Crippen LogP contribution in [-0.2, 0) is 6.54 Å². The Labute approximate surface area is 87.6 Å². The molecule has 78 valence electrons. The molecule has 0 bridgehead atoms. The molecule has 0 unspecified atom stereocenters. The zero-order valence-electron chi connectivity index (χ0n) is 7.97. The number of nitrogens with one attached hydrogen (secondary N) is 2. The second-order valence-corrected chi connectivity index (χ2v) is 3.19. The molecule has 0 aliphatic heterocycles. The summed E-state index contributed by atoms with van der Waals surface area (Å²) in [6, 6.07) is 3.17. The van der Waals surface area contributed by atoms with Crippen LogP contribution in [0, 0.1) is 0 Å². The molecule has 0 aliphatic carbocycles. The second kappa shape index (κ2) is 5.54. The number of furan rings is 1. The van der Waals surface area contributed by atoms with Gasteiger partial charge in [0.2, 0.25) is 0 Å². The molecule has 14 heavy (non-hydrogen) atoms. The summed E-state index contributed by atoms with van der Waals surface area (Å²) in [5, 5.41) is 5.66. The molecule has 0 spiro atoms. The Balaban J connectivity index is 2.23. The molecule has 4 nitrogen and oxygen atoms in total. The van der Waals surface area contributed by atoms with E-state index in [0.29, 0.717) is 24.1 Å². The lowest BCUT2D eigenvalue weighted by atomic mass is 10.4. The summed E-state index contributed by atoms with van der Waals surface area (Å²) >= 11 is 5.56. The monoisotopic (exact) mass is 216 g/mol. The van der Waals surface area contributed by atoms with Crippen LogP contribution in [0.5, 0.6) is 0 Å². The normalized spacial score (nSPS) is 9.86. The van der Waals surface area contributed by atoms with E-state index in [1.54, 1.807) is 12.1 Å². The fourth-order valence-corrected chi connectivity index (χ4v) is 1.08. The predicted octanol–water partition coefficient (Wildman–Crippen LogP) is 2.14. The Morgan fingerprint density at radius 1 is 1.50 bits per heavy atom. The highest BCUT2D eigenvalue weighted by Crippen LogP contribution is 2.12. The van der Waals surface area contributed by atoms with Crippen molar-refractivity contribution in [2.24, 2.45) is 0 Å².